The first-order chi connectivity index (χ1) is 8.63. The Kier molecular flexibility index (Phi) is 3.56. The molecule has 0 heterocycles. The molecule has 0 fully saturated rings. The van der Waals surface area contributed by atoms with Crippen molar-refractivity contribution in [1.82, 2.24) is 0 Å². The summed E-state index contributed by atoms with van der Waals surface area (Å²) in [7, 11) is 1.68. The molecule has 2 aromatic rings. The van der Waals surface area contributed by atoms with Crippen LogP contribution in [0.5, 0.6) is 5.75 Å². The van der Waals surface area contributed by atoms with Gasteiger partial charge in [-0.05, 0) is 29.2 Å². The molecule has 0 aromatic heterocycles. The number of ether oxygens (including phenoxy) is 1. The standard InChI is InChI=1S/C16H19NO/c1-11(2)13-6-4-5-7-14(13)15-9-8-12(17)10-16(15)18-3/h4-11H,17H2,1-3H3. The smallest absolute Gasteiger partial charge is 0.128 e. The maximum absolute atomic E-state index is 5.80. The zero-order chi connectivity index (χ0) is 13.1. The highest BCUT2D eigenvalue weighted by Gasteiger charge is 2.12. The van der Waals surface area contributed by atoms with Crippen LogP contribution in [0.1, 0.15) is 25.3 Å². The molecule has 2 rings (SSSR count). The minimum absolute atomic E-state index is 0.475. The predicted molar refractivity (Wildman–Crippen MR) is 76.9 cm³/mol. The van der Waals surface area contributed by atoms with Crippen molar-refractivity contribution in [1.29, 1.82) is 0 Å². The minimum Gasteiger partial charge on any atom is -0.496 e. The molecule has 0 spiro atoms. The molecule has 2 N–H and O–H groups in total. The van der Waals surface area contributed by atoms with Gasteiger partial charge >= 0.3 is 0 Å². The normalized spacial score (nSPS) is 10.7. The van der Waals surface area contributed by atoms with Gasteiger partial charge in [-0.1, -0.05) is 38.1 Å². The highest BCUT2D eigenvalue weighted by atomic mass is 16.5. The molecule has 0 aliphatic rings. The Bertz CT molecular complexity index is 547. The summed E-state index contributed by atoms with van der Waals surface area (Å²) in [5.74, 6) is 1.30. The van der Waals surface area contributed by atoms with Crippen molar-refractivity contribution in [2.24, 2.45) is 0 Å². The van der Waals surface area contributed by atoms with E-state index in [-0.39, 0.29) is 0 Å². The van der Waals surface area contributed by atoms with E-state index < -0.39 is 0 Å². The van der Waals surface area contributed by atoms with Crippen LogP contribution in [0.25, 0.3) is 11.1 Å². The average Bonchev–Trinajstić information content (AvgIpc) is 2.38. The van der Waals surface area contributed by atoms with Crippen LogP contribution >= 0.6 is 0 Å². The number of nitrogen functional groups attached to an aromatic ring is 1. The third-order valence-corrected chi connectivity index (χ3v) is 3.10. The number of hydrogen-bond acceptors (Lipinski definition) is 2. The van der Waals surface area contributed by atoms with Crippen LogP contribution in [-0.2, 0) is 0 Å². The summed E-state index contributed by atoms with van der Waals surface area (Å²) < 4.78 is 5.44. The first-order valence-electron chi connectivity index (χ1n) is 6.16. The van der Waals surface area contributed by atoms with E-state index in [0.717, 1.165) is 17.0 Å². The second-order valence-electron chi connectivity index (χ2n) is 4.70. The second kappa shape index (κ2) is 5.13. The number of nitrogens with two attached hydrogens (primary N) is 1. The second-order valence-corrected chi connectivity index (χ2v) is 4.70. The molecule has 0 saturated heterocycles. The van der Waals surface area contributed by atoms with E-state index >= 15 is 0 Å². The lowest BCUT2D eigenvalue weighted by Gasteiger charge is -2.15. The van der Waals surface area contributed by atoms with Gasteiger partial charge in [0.15, 0.2) is 0 Å². The van der Waals surface area contributed by atoms with Crippen LogP contribution in [0, 0.1) is 0 Å². The highest BCUT2D eigenvalue weighted by molar-refractivity contribution is 5.75. The Balaban J connectivity index is 2.62. The van der Waals surface area contributed by atoms with E-state index in [4.69, 9.17) is 10.5 Å². The van der Waals surface area contributed by atoms with E-state index in [9.17, 15) is 0 Å². The van der Waals surface area contributed by atoms with Crippen LogP contribution < -0.4 is 10.5 Å². The molecule has 94 valence electrons. The van der Waals surface area contributed by atoms with Crippen LogP contribution in [0.3, 0.4) is 0 Å². The summed E-state index contributed by atoms with van der Waals surface area (Å²) in [6.45, 7) is 4.39. The zero-order valence-corrected chi connectivity index (χ0v) is 11.1. The minimum atomic E-state index is 0.475. The number of rotatable bonds is 3. The maximum Gasteiger partial charge on any atom is 0.128 e. The van der Waals surface area contributed by atoms with Gasteiger partial charge in [0.2, 0.25) is 0 Å². The summed E-state index contributed by atoms with van der Waals surface area (Å²) in [4.78, 5) is 0. The lowest BCUT2D eigenvalue weighted by atomic mass is 9.92. The molecular weight excluding hydrogens is 222 g/mol. The largest absolute Gasteiger partial charge is 0.496 e. The van der Waals surface area contributed by atoms with Gasteiger partial charge < -0.3 is 10.5 Å². The summed E-state index contributed by atoms with van der Waals surface area (Å²) in [6.07, 6.45) is 0. The predicted octanol–water partition coefficient (Wildman–Crippen LogP) is 4.07. The Morgan fingerprint density at radius 2 is 1.72 bits per heavy atom. The average molecular weight is 241 g/mol. The molecule has 0 amide bonds. The fourth-order valence-electron chi connectivity index (χ4n) is 2.18. The topological polar surface area (TPSA) is 35.2 Å². The lowest BCUT2D eigenvalue weighted by Crippen LogP contribution is -1.95. The molecule has 0 bridgehead atoms. The van der Waals surface area contributed by atoms with Crippen molar-refractivity contribution in [3.8, 4) is 16.9 Å². The van der Waals surface area contributed by atoms with Gasteiger partial charge in [0.25, 0.3) is 0 Å². The van der Waals surface area contributed by atoms with Crippen molar-refractivity contribution < 1.29 is 4.74 Å². The van der Waals surface area contributed by atoms with Crippen molar-refractivity contribution in [2.45, 2.75) is 19.8 Å². The molecule has 0 aliphatic heterocycles. The molecule has 0 saturated carbocycles. The molecule has 0 unspecified atom stereocenters. The highest BCUT2D eigenvalue weighted by Crippen LogP contribution is 2.36. The van der Waals surface area contributed by atoms with Crippen molar-refractivity contribution in [3.05, 3.63) is 48.0 Å². The Labute approximate surface area is 108 Å². The van der Waals surface area contributed by atoms with E-state index in [1.807, 2.05) is 18.2 Å². The maximum atomic E-state index is 5.80. The van der Waals surface area contributed by atoms with Gasteiger partial charge in [0.05, 0.1) is 7.11 Å². The van der Waals surface area contributed by atoms with Crippen molar-refractivity contribution in [3.63, 3.8) is 0 Å². The monoisotopic (exact) mass is 241 g/mol. The van der Waals surface area contributed by atoms with Gasteiger partial charge in [-0.3, -0.25) is 0 Å². The zero-order valence-electron chi connectivity index (χ0n) is 11.1. The third kappa shape index (κ3) is 2.33. The number of hydrogen-bond donors (Lipinski definition) is 1. The Morgan fingerprint density at radius 3 is 2.39 bits per heavy atom. The molecule has 2 nitrogen and oxygen atoms in total. The lowest BCUT2D eigenvalue weighted by molar-refractivity contribution is 0.416. The van der Waals surface area contributed by atoms with Crippen LogP contribution in [0.4, 0.5) is 5.69 Å². The fourth-order valence-corrected chi connectivity index (χ4v) is 2.18. The summed E-state index contributed by atoms with van der Waals surface area (Å²) in [6, 6.07) is 14.2. The molecule has 0 atom stereocenters. The molecule has 0 aliphatic carbocycles. The summed E-state index contributed by atoms with van der Waals surface area (Å²) >= 11 is 0. The van der Waals surface area contributed by atoms with E-state index in [1.165, 1.54) is 11.1 Å². The third-order valence-electron chi connectivity index (χ3n) is 3.10. The van der Waals surface area contributed by atoms with Gasteiger partial charge in [-0.15, -0.1) is 0 Å². The van der Waals surface area contributed by atoms with Crippen LogP contribution in [0.15, 0.2) is 42.5 Å². The SMILES string of the molecule is COc1cc(N)ccc1-c1ccccc1C(C)C. The van der Waals surface area contributed by atoms with Crippen molar-refractivity contribution in [2.75, 3.05) is 12.8 Å². The van der Waals surface area contributed by atoms with Crippen molar-refractivity contribution >= 4 is 5.69 Å². The van der Waals surface area contributed by atoms with Gasteiger partial charge in [-0.2, -0.15) is 0 Å². The van der Waals surface area contributed by atoms with E-state index in [1.54, 1.807) is 7.11 Å². The Hall–Kier alpha value is -1.96. The summed E-state index contributed by atoms with van der Waals surface area (Å²) in [5.41, 5.74) is 10.1. The molecule has 2 heteroatoms. The first kappa shape index (κ1) is 12.5. The van der Waals surface area contributed by atoms with E-state index in [2.05, 4.69) is 38.1 Å². The van der Waals surface area contributed by atoms with Gasteiger partial charge in [0, 0.05) is 17.3 Å². The fraction of sp³-hybridized carbons (Fsp3) is 0.250. The molecule has 0 radical (unpaired) electrons. The van der Waals surface area contributed by atoms with E-state index in [0.29, 0.717) is 5.92 Å². The Morgan fingerprint density at radius 1 is 1.00 bits per heavy atom. The number of methoxy groups -OCH3 is 1. The van der Waals surface area contributed by atoms with Gasteiger partial charge in [-0.25, -0.2) is 0 Å². The molecule has 2 aromatic carbocycles. The van der Waals surface area contributed by atoms with Crippen LogP contribution in [-0.4, -0.2) is 7.11 Å². The molecular formula is C16H19NO. The van der Waals surface area contributed by atoms with Gasteiger partial charge in [0.1, 0.15) is 5.75 Å². The first-order valence-corrected chi connectivity index (χ1v) is 6.16. The number of benzene rings is 2. The number of anilines is 1. The quantitative estimate of drug-likeness (QED) is 0.822. The van der Waals surface area contributed by atoms with Crippen LogP contribution in [0.2, 0.25) is 0 Å². The summed E-state index contributed by atoms with van der Waals surface area (Å²) in [5, 5.41) is 0. The molecule has 18 heavy (non-hydrogen) atoms.